The van der Waals surface area contributed by atoms with Gasteiger partial charge in [0.2, 0.25) is 0 Å². The number of carbonyl (C=O) groups excluding carboxylic acids is 1. The second-order valence-corrected chi connectivity index (χ2v) is 10.8. The van der Waals surface area contributed by atoms with E-state index in [9.17, 15) is 4.79 Å². The van der Waals surface area contributed by atoms with Gasteiger partial charge in [0, 0.05) is 11.8 Å². The van der Waals surface area contributed by atoms with E-state index in [0.717, 1.165) is 37.2 Å². The first-order valence-corrected chi connectivity index (χ1v) is 11.7. The third-order valence-corrected chi connectivity index (χ3v) is 9.66. The molecule has 5 rings (SSSR count). The second kappa shape index (κ2) is 6.97. The Labute approximate surface area is 170 Å². The maximum absolute atomic E-state index is 12.6. The highest BCUT2D eigenvalue weighted by molar-refractivity contribution is 5.87. The number of benzene rings is 1. The molecule has 0 radical (unpaired) electrons. The van der Waals surface area contributed by atoms with E-state index in [1.807, 2.05) is 0 Å². The number of hydrogen-bond donors (Lipinski definition) is 0. The zero-order valence-electron chi connectivity index (χ0n) is 17.7. The van der Waals surface area contributed by atoms with E-state index in [-0.39, 0.29) is 5.41 Å². The Morgan fingerprint density at radius 1 is 0.964 bits per heavy atom. The molecular formula is C26H36O2. The Hall–Kier alpha value is -1.15. The molecule has 2 heteroatoms. The summed E-state index contributed by atoms with van der Waals surface area (Å²) in [6.07, 6.45) is 11.3. The predicted molar refractivity (Wildman–Crippen MR) is 112 cm³/mol. The fourth-order valence-corrected chi connectivity index (χ4v) is 7.93. The molecule has 0 aromatic heterocycles. The summed E-state index contributed by atoms with van der Waals surface area (Å²) in [5.74, 6) is 3.69. The Balaban J connectivity index is 1.27. The van der Waals surface area contributed by atoms with Gasteiger partial charge in [-0.15, -0.1) is 0 Å². The van der Waals surface area contributed by atoms with Crippen molar-refractivity contribution in [1.82, 2.24) is 0 Å². The lowest BCUT2D eigenvalue weighted by atomic mass is 9.45. The lowest BCUT2D eigenvalue weighted by molar-refractivity contribution is -0.145. The summed E-state index contributed by atoms with van der Waals surface area (Å²) in [5.41, 5.74) is 1.78. The van der Waals surface area contributed by atoms with Crippen LogP contribution in [0.5, 0.6) is 0 Å². The fraction of sp³-hybridized carbons (Fsp3) is 0.731. The van der Waals surface area contributed by atoms with Crippen LogP contribution in [0.3, 0.4) is 0 Å². The summed E-state index contributed by atoms with van der Waals surface area (Å²) < 4.78 is 6.35. The number of fused-ring (bicyclic) bond motifs is 5. The largest absolute Gasteiger partial charge is 0.374 e. The first-order valence-electron chi connectivity index (χ1n) is 11.7. The number of ketones is 1. The molecule has 0 amide bonds. The summed E-state index contributed by atoms with van der Waals surface area (Å²) >= 11 is 0. The van der Waals surface area contributed by atoms with Crippen LogP contribution in [0.4, 0.5) is 0 Å². The zero-order chi connectivity index (χ0) is 19.4. The summed E-state index contributed by atoms with van der Waals surface area (Å²) in [7, 11) is 0. The topological polar surface area (TPSA) is 26.3 Å². The average Bonchev–Trinajstić information content (AvgIpc) is 3.02. The van der Waals surface area contributed by atoms with Gasteiger partial charge in [-0.3, -0.25) is 4.79 Å². The molecule has 0 saturated heterocycles. The van der Waals surface area contributed by atoms with E-state index in [1.165, 1.54) is 50.5 Å². The van der Waals surface area contributed by atoms with Gasteiger partial charge in [0.05, 0.1) is 12.7 Å². The van der Waals surface area contributed by atoms with Crippen molar-refractivity contribution < 1.29 is 9.53 Å². The highest BCUT2D eigenvalue weighted by Gasteiger charge is 2.60. The maximum Gasteiger partial charge on any atom is 0.139 e. The molecule has 4 aliphatic rings. The summed E-state index contributed by atoms with van der Waals surface area (Å²) in [5, 5.41) is 0. The van der Waals surface area contributed by atoms with Gasteiger partial charge in [-0.25, -0.2) is 0 Å². The lowest BCUT2D eigenvalue weighted by Crippen LogP contribution is -2.54. The van der Waals surface area contributed by atoms with Crippen LogP contribution in [0.15, 0.2) is 30.3 Å². The molecule has 1 aromatic carbocycles. The zero-order valence-corrected chi connectivity index (χ0v) is 17.7. The molecule has 7 atom stereocenters. The molecule has 0 heterocycles. The van der Waals surface area contributed by atoms with E-state index < -0.39 is 0 Å². The van der Waals surface area contributed by atoms with Crippen molar-refractivity contribution in [2.24, 2.45) is 34.5 Å². The highest BCUT2D eigenvalue weighted by Crippen LogP contribution is 2.65. The van der Waals surface area contributed by atoms with Gasteiger partial charge in [-0.2, -0.15) is 0 Å². The van der Waals surface area contributed by atoms with Crippen molar-refractivity contribution in [3.05, 3.63) is 35.9 Å². The van der Waals surface area contributed by atoms with Gasteiger partial charge in [-0.05, 0) is 86.0 Å². The van der Waals surface area contributed by atoms with Crippen LogP contribution >= 0.6 is 0 Å². The van der Waals surface area contributed by atoms with Crippen LogP contribution in [0.25, 0.3) is 0 Å². The van der Waals surface area contributed by atoms with Crippen molar-refractivity contribution in [2.45, 2.75) is 84.3 Å². The normalized spacial score (nSPS) is 45.2. The van der Waals surface area contributed by atoms with Crippen molar-refractivity contribution in [2.75, 3.05) is 0 Å². The molecule has 152 valence electrons. The number of rotatable bonds is 3. The third kappa shape index (κ3) is 2.90. The molecule has 0 N–H and O–H groups in total. The maximum atomic E-state index is 12.6. The van der Waals surface area contributed by atoms with E-state index in [1.54, 1.807) is 0 Å². The van der Waals surface area contributed by atoms with Gasteiger partial charge in [0.25, 0.3) is 0 Å². The van der Waals surface area contributed by atoms with Gasteiger partial charge in [0.1, 0.15) is 5.78 Å². The molecule has 4 aliphatic carbocycles. The minimum Gasteiger partial charge on any atom is -0.374 e. The Morgan fingerprint density at radius 2 is 1.79 bits per heavy atom. The van der Waals surface area contributed by atoms with E-state index >= 15 is 0 Å². The number of carbonyl (C=O) groups is 1. The van der Waals surface area contributed by atoms with Crippen LogP contribution in [0.2, 0.25) is 0 Å². The first-order chi connectivity index (χ1) is 13.5. The molecule has 0 bridgehead atoms. The van der Waals surface area contributed by atoms with Crippen molar-refractivity contribution >= 4 is 5.78 Å². The van der Waals surface area contributed by atoms with E-state index in [2.05, 4.69) is 44.2 Å². The Morgan fingerprint density at radius 3 is 2.61 bits per heavy atom. The van der Waals surface area contributed by atoms with Gasteiger partial charge < -0.3 is 4.74 Å². The van der Waals surface area contributed by atoms with Crippen LogP contribution < -0.4 is 0 Å². The van der Waals surface area contributed by atoms with E-state index in [0.29, 0.717) is 23.2 Å². The van der Waals surface area contributed by atoms with Gasteiger partial charge >= 0.3 is 0 Å². The molecular weight excluding hydrogens is 344 g/mol. The molecule has 28 heavy (non-hydrogen) atoms. The van der Waals surface area contributed by atoms with Gasteiger partial charge in [-0.1, -0.05) is 44.2 Å². The summed E-state index contributed by atoms with van der Waals surface area (Å²) in [4.78, 5) is 12.6. The quantitative estimate of drug-likeness (QED) is 0.625. The molecule has 0 spiro atoms. The van der Waals surface area contributed by atoms with E-state index in [4.69, 9.17) is 4.74 Å². The summed E-state index contributed by atoms with van der Waals surface area (Å²) in [6.45, 7) is 5.65. The van der Waals surface area contributed by atoms with Crippen molar-refractivity contribution in [1.29, 1.82) is 0 Å². The van der Waals surface area contributed by atoms with Crippen LogP contribution in [-0.2, 0) is 16.1 Å². The predicted octanol–water partition coefficient (Wildman–Crippen LogP) is 6.18. The number of ether oxygens (including phenoxy) is 1. The molecule has 4 saturated carbocycles. The minimum absolute atomic E-state index is 0.0142. The fourth-order valence-electron chi connectivity index (χ4n) is 7.93. The number of Topliss-reactive ketones (excluding diaryl/α,β-unsaturated/α-hetero) is 1. The molecule has 1 aromatic rings. The molecule has 4 fully saturated rings. The van der Waals surface area contributed by atoms with Crippen molar-refractivity contribution in [3.63, 3.8) is 0 Å². The average molecular weight is 381 g/mol. The first kappa shape index (κ1) is 18.9. The van der Waals surface area contributed by atoms with Gasteiger partial charge in [0.15, 0.2) is 0 Å². The standard InChI is InChI=1S/C26H36O2/c1-25-14-12-20(28-17-18-6-4-3-5-7-18)16-19(25)8-9-21-22-10-11-24(27)26(22,2)15-13-23(21)25/h3-7,19-23H,8-17H2,1-2H3/t19-,20-,21+,22+,23-,25-,26+/m0/s1. The number of hydrogen-bond acceptors (Lipinski definition) is 2. The van der Waals surface area contributed by atoms with Crippen LogP contribution in [-0.4, -0.2) is 11.9 Å². The summed E-state index contributed by atoms with van der Waals surface area (Å²) in [6, 6.07) is 10.6. The van der Waals surface area contributed by atoms with Crippen LogP contribution in [0.1, 0.15) is 77.2 Å². The van der Waals surface area contributed by atoms with Crippen LogP contribution in [0, 0.1) is 34.5 Å². The lowest BCUT2D eigenvalue weighted by Gasteiger charge is -2.60. The molecule has 0 unspecified atom stereocenters. The van der Waals surface area contributed by atoms with Crippen molar-refractivity contribution in [3.8, 4) is 0 Å². The second-order valence-electron chi connectivity index (χ2n) is 10.8. The molecule has 2 nitrogen and oxygen atoms in total. The third-order valence-electron chi connectivity index (χ3n) is 9.66. The highest BCUT2D eigenvalue weighted by atomic mass is 16.5. The monoisotopic (exact) mass is 380 g/mol. The molecule has 0 aliphatic heterocycles. The Bertz CT molecular complexity index is 727. The SMILES string of the molecule is C[C@]12CC[C@H](OCc3ccccc3)C[C@@H]1CC[C@@H]1[C@H]3CCC(=O)[C@]3(C)CC[C@@H]12. The minimum atomic E-state index is 0.0142. The Kier molecular flexibility index (Phi) is 4.69. The smallest absolute Gasteiger partial charge is 0.139 e.